The van der Waals surface area contributed by atoms with Crippen LogP contribution in [0.2, 0.25) is 0 Å². The van der Waals surface area contributed by atoms with E-state index in [0.29, 0.717) is 24.4 Å². The Kier molecular flexibility index (Phi) is 9.35. The van der Waals surface area contributed by atoms with E-state index in [1.807, 2.05) is 0 Å². The fraction of sp³-hybridized carbons (Fsp3) is 0.905. The highest BCUT2D eigenvalue weighted by molar-refractivity contribution is 5.77. The van der Waals surface area contributed by atoms with E-state index in [1.54, 1.807) is 0 Å². The zero-order valence-electron chi connectivity index (χ0n) is 15.9. The Morgan fingerprint density at radius 2 is 1.12 bits per heavy atom. The summed E-state index contributed by atoms with van der Waals surface area (Å²) in [7, 11) is 0. The van der Waals surface area contributed by atoms with Crippen LogP contribution in [0.1, 0.15) is 109 Å². The number of nitrogens with zero attached hydrogens (tertiary/aromatic N) is 1. The molecule has 4 nitrogen and oxygen atoms in total. The lowest BCUT2D eigenvalue weighted by atomic mass is 9.88. The molecule has 0 bridgehead atoms. The molecule has 0 heterocycles. The van der Waals surface area contributed by atoms with Gasteiger partial charge >= 0.3 is 5.97 Å². The molecule has 0 radical (unpaired) electrons. The Labute approximate surface area is 153 Å². The first-order valence-corrected chi connectivity index (χ1v) is 10.7. The SMILES string of the molecule is O=C(O)CCCCCCCC(=O)N(C1CCCCC1)C1CCCCC1. The monoisotopic (exact) mass is 351 g/mol. The largest absolute Gasteiger partial charge is 0.481 e. The molecular formula is C21H37NO3. The molecule has 1 amide bonds. The number of carbonyl (C=O) groups is 2. The topological polar surface area (TPSA) is 57.6 Å². The highest BCUT2D eigenvalue weighted by atomic mass is 16.4. The van der Waals surface area contributed by atoms with Crippen LogP contribution in [0.5, 0.6) is 0 Å². The summed E-state index contributed by atoms with van der Waals surface area (Å²) in [4.78, 5) is 25.8. The second-order valence-corrected chi connectivity index (χ2v) is 8.05. The maximum Gasteiger partial charge on any atom is 0.303 e. The minimum atomic E-state index is -0.703. The normalized spacial score (nSPS) is 19.7. The summed E-state index contributed by atoms with van der Waals surface area (Å²) >= 11 is 0. The molecule has 0 aromatic carbocycles. The van der Waals surface area contributed by atoms with Crippen molar-refractivity contribution < 1.29 is 14.7 Å². The third kappa shape index (κ3) is 7.37. The second kappa shape index (κ2) is 11.5. The number of hydrogen-bond donors (Lipinski definition) is 1. The van der Waals surface area contributed by atoms with Gasteiger partial charge in [-0.15, -0.1) is 0 Å². The van der Waals surface area contributed by atoms with E-state index < -0.39 is 5.97 Å². The van der Waals surface area contributed by atoms with Crippen molar-refractivity contribution in [2.45, 2.75) is 121 Å². The van der Waals surface area contributed by atoms with Crippen LogP contribution < -0.4 is 0 Å². The van der Waals surface area contributed by atoms with Gasteiger partial charge in [0, 0.05) is 24.9 Å². The molecule has 0 aliphatic heterocycles. The number of unbranched alkanes of at least 4 members (excludes halogenated alkanes) is 4. The van der Waals surface area contributed by atoms with Crippen LogP contribution in [0, 0.1) is 0 Å². The Morgan fingerprint density at radius 1 is 0.680 bits per heavy atom. The molecule has 0 atom stereocenters. The minimum Gasteiger partial charge on any atom is -0.481 e. The average Bonchev–Trinajstić information content (AvgIpc) is 2.63. The molecule has 2 aliphatic carbocycles. The first-order chi connectivity index (χ1) is 12.2. The zero-order valence-corrected chi connectivity index (χ0v) is 15.9. The van der Waals surface area contributed by atoms with Crippen molar-refractivity contribution in [2.75, 3.05) is 0 Å². The molecular weight excluding hydrogens is 314 g/mol. The van der Waals surface area contributed by atoms with Gasteiger partial charge in [0.05, 0.1) is 0 Å². The van der Waals surface area contributed by atoms with Crippen LogP contribution in [-0.4, -0.2) is 34.0 Å². The number of amides is 1. The molecule has 2 aliphatic rings. The quantitative estimate of drug-likeness (QED) is 0.544. The van der Waals surface area contributed by atoms with Crippen molar-refractivity contribution in [1.82, 2.24) is 4.90 Å². The van der Waals surface area contributed by atoms with E-state index >= 15 is 0 Å². The summed E-state index contributed by atoms with van der Waals surface area (Å²) in [6.45, 7) is 0. The Hall–Kier alpha value is -1.06. The van der Waals surface area contributed by atoms with Gasteiger partial charge < -0.3 is 10.0 Å². The van der Waals surface area contributed by atoms with Crippen LogP contribution in [0.4, 0.5) is 0 Å². The van der Waals surface area contributed by atoms with Crippen LogP contribution in [0.25, 0.3) is 0 Å². The number of rotatable bonds is 10. The van der Waals surface area contributed by atoms with Crippen molar-refractivity contribution in [3.05, 3.63) is 0 Å². The summed E-state index contributed by atoms with van der Waals surface area (Å²) < 4.78 is 0. The van der Waals surface area contributed by atoms with Gasteiger partial charge in [0.1, 0.15) is 0 Å². The molecule has 0 aromatic rings. The van der Waals surface area contributed by atoms with Crippen molar-refractivity contribution in [3.8, 4) is 0 Å². The fourth-order valence-corrected chi connectivity index (χ4v) is 4.64. The lowest BCUT2D eigenvalue weighted by molar-refractivity contribution is -0.138. The molecule has 25 heavy (non-hydrogen) atoms. The summed E-state index contributed by atoms with van der Waals surface area (Å²) in [6.07, 6.45) is 18.4. The summed E-state index contributed by atoms with van der Waals surface area (Å²) in [5, 5.41) is 8.65. The lowest BCUT2D eigenvalue weighted by Gasteiger charge is -2.42. The fourth-order valence-electron chi connectivity index (χ4n) is 4.64. The van der Waals surface area contributed by atoms with Gasteiger partial charge in [-0.3, -0.25) is 9.59 Å². The summed E-state index contributed by atoms with van der Waals surface area (Å²) in [5.74, 6) is -0.310. The minimum absolute atomic E-state index is 0.274. The van der Waals surface area contributed by atoms with Crippen molar-refractivity contribution in [3.63, 3.8) is 0 Å². The molecule has 2 rings (SSSR count). The predicted octanol–water partition coefficient (Wildman–Crippen LogP) is 5.30. The molecule has 144 valence electrons. The molecule has 1 N–H and O–H groups in total. The highest BCUT2D eigenvalue weighted by Crippen LogP contribution is 2.31. The zero-order chi connectivity index (χ0) is 17.9. The average molecular weight is 352 g/mol. The van der Waals surface area contributed by atoms with E-state index in [9.17, 15) is 9.59 Å². The molecule has 0 saturated heterocycles. The van der Waals surface area contributed by atoms with Gasteiger partial charge in [-0.2, -0.15) is 0 Å². The number of aliphatic carboxylic acids is 1. The first kappa shape index (κ1) is 20.3. The van der Waals surface area contributed by atoms with Gasteiger partial charge in [-0.1, -0.05) is 57.8 Å². The van der Waals surface area contributed by atoms with Gasteiger partial charge in [-0.25, -0.2) is 0 Å². The lowest BCUT2D eigenvalue weighted by Crippen LogP contribution is -2.48. The van der Waals surface area contributed by atoms with Gasteiger partial charge in [-0.05, 0) is 38.5 Å². The molecule has 0 unspecified atom stereocenters. The van der Waals surface area contributed by atoms with Crippen molar-refractivity contribution >= 4 is 11.9 Å². The van der Waals surface area contributed by atoms with Crippen LogP contribution in [-0.2, 0) is 9.59 Å². The van der Waals surface area contributed by atoms with E-state index in [1.165, 1.54) is 64.2 Å². The van der Waals surface area contributed by atoms with Crippen LogP contribution >= 0.6 is 0 Å². The van der Waals surface area contributed by atoms with Crippen molar-refractivity contribution in [1.29, 1.82) is 0 Å². The second-order valence-electron chi connectivity index (χ2n) is 8.05. The number of carboxylic acid groups (broad SMARTS) is 1. The first-order valence-electron chi connectivity index (χ1n) is 10.7. The van der Waals surface area contributed by atoms with Crippen LogP contribution in [0.15, 0.2) is 0 Å². The van der Waals surface area contributed by atoms with E-state index in [0.717, 1.165) is 32.1 Å². The van der Waals surface area contributed by atoms with Crippen LogP contribution in [0.3, 0.4) is 0 Å². The summed E-state index contributed by atoms with van der Waals surface area (Å²) in [6, 6.07) is 1.000. The Bertz CT molecular complexity index is 380. The molecule has 4 heteroatoms. The smallest absolute Gasteiger partial charge is 0.303 e. The molecule has 0 aromatic heterocycles. The Balaban J connectivity index is 1.74. The third-order valence-electron chi connectivity index (χ3n) is 6.01. The van der Waals surface area contributed by atoms with E-state index in [4.69, 9.17) is 5.11 Å². The van der Waals surface area contributed by atoms with Gasteiger partial charge in [0.15, 0.2) is 0 Å². The standard InChI is InChI=1S/C21H37NO3/c23-20(16-10-2-1-3-11-17-21(24)25)22(18-12-6-4-7-13-18)19-14-8-5-9-15-19/h18-19H,1-17H2,(H,24,25). The number of hydrogen-bond acceptors (Lipinski definition) is 2. The van der Waals surface area contributed by atoms with Gasteiger partial charge in [0.2, 0.25) is 5.91 Å². The van der Waals surface area contributed by atoms with Crippen molar-refractivity contribution in [2.24, 2.45) is 0 Å². The third-order valence-corrected chi connectivity index (χ3v) is 6.01. The maximum absolute atomic E-state index is 13.0. The maximum atomic E-state index is 13.0. The van der Waals surface area contributed by atoms with E-state index in [2.05, 4.69) is 4.90 Å². The highest BCUT2D eigenvalue weighted by Gasteiger charge is 2.31. The molecule has 2 fully saturated rings. The molecule has 0 spiro atoms. The van der Waals surface area contributed by atoms with Gasteiger partial charge in [0.25, 0.3) is 0 Å². The number of carboxylic acids is 1. The summed E-state index contributed by atoms with van der Waals surface area (Å²) in [5.41, 5.74) is 0. The number of carbonyl (C=O) groups excluding carboxylic acids is 1. The Morgan fingerprint density at radius 3 is 1.60 bits per heavy atom. The predicted molar refractivity (Wildman–Crippen MR) is 101 cm³/mol. The van der Waals surface area contributed by atoms with E-state index in [-0.39, 0.29) is 6.42 Å². The molecule has 2 saturated carbocycles.